The summed E-state index contributed by atoms with van der Waals surface area (Å²) in [6.07, 6.45) is 2.91. The van der Waals surface area contributed by atoms with E-state index in [1.807, 2.05) is 80.6 Å². The van der Waals surface area contributed by atoms with Crippen molar-refractivity contribution in [1.29, 1.82) is 0 Å². The number of nitrogens with one attached hydrogen (secondary N) is 1. The lowest BCUT2D eigenvalue weighted by Crippen LogP contribution is -2.29. The molecule has 1 N–H and O–H groups in total. The van der Waals surface area contributed by atoms with Crippen LogP contribution in [0.3, 0.4) is 0 Å². The summed E-state index contributed by atoms with van der Waals surface area (Å²) in [6.45, 7) is 4.84. The number of epoxide rings is 1. The van der Waals surface area contributed by atoms with Gasteiger partial charge in [0, 0.05) is 23.2 Å². The maximum atomic E-state index is 13.3. The number of benzene rings is 4. The van der Waals surface area contributed by atoms with Gasteiger partial charge in [0.25, 0.3) is 5.91 Å². The number of aromatic nitrogens is 3. The molecule has 1 fully saturated rings. The van der Waals surface area contributed by atoms with E-state index in [4.69, 9.17) is 25.9 Å². The van der Waals surface area contributed by atoms with E-state index in [9.17, 15) is 9.18 Å². The third kappa shape index (κ3) is 7.85. The van der Waals surface area contributed by atoms with Crippen LogP contribution >= 0.6 is 11.6 Å². The number of carbonyl (C=O) groups excluding carboxylic acids is 1. The first-order valence-corrected chi connectivity index (χ1v) is 15.3. The van der Waals surface area contributed by atoms with E-state index in [-0.39, 0.29) is 23.5 Å². The van der Waals surface area contributed by atoms with Gasteiger partial charge in [0.2, 0.25) is 0 Å². The van der Waals surface area contributed by atoms with Crippen LogP contribution in [0, 0.1) is 19.7 Å². The molecule has 9 nitrogen and oxygen atoms in total. The first kappa shape index (κ1) is 33.3. The second-order valence-electron chi connectivity index (χ2n) is 10.9. The lowest BCUT2D eigenvalue weighted by atomic mass is 9.91. The molecule has 1 amide bonds. The molecule has 0 saturated carbocycles. The second kappa shape index (κ2) is 15.0. The van der Waals surface area contributed by atoms with Crippen LogP contribution < -0.4 is 10.1 Å². The van der Waals surface area contributed by atoms with E-state index in [0.29, 0.717) is 23.7 Å². The summed E-state index contributed by atoms with van der Waals surface area (Å²) in [4.78, 5) is 20.9. The fraction of sp³-hybridized carbons (Fsp3) is 0.222. The van der Waals surface area contributed by atoms with Crippen molar-refractivity contribution in [3.63, 3.8) is 0 Å². The Kier molecular flexibility index (Phi) is 10.6. The van der Waals surface area contributed by atoms with Gasteiger partial charge in [-0.3, -0.25) is 4.79 Å². The number of aryl methyl sites for hydroxylation is 2. The van der Waals surface area contributed by atoms with Gasteiger partial charge in [0.15, 0.2) is 5.71 Å². The van der Waals surface area contributed by atoms with Crippen molar-refractivity contribution in [2.75, 3.05) is 14.2 Å². The molecular weight excluding hydrogens is 621 g/mol. The minimum absolute atomic E-state index is 0.203. The second-order valence-corrected chi connectivity index (χ2v) is 11.3. The molecule has 1 saturated heterocycles. The molecule has 5 aromatic rings. The van der Waals surface area contributed by atoms with Crippen LogP contribution in [-0.2, 0) is 33.1 Å². The van der Waals surface area contributed by atoms with Gasteiger partial charge in [0.1, 0.15) is 49.6 Å². The van der Waals surface area contributed by atoms with Gasteiger partial charge in [-0.1, -0.05) is 83.5 Å². The first-order valence-electron chi connectivity index (χ1n) is 14.9. The Morgan fingerprint density at radius 3 is 2.51 bits per heavy atom. The molecule has 6 rings (SSSR count). The van der Waals surface area contributed by atoms with Crippen LogP contribution in [0.15, 0.2) is 109 Å². The highest BCUT2D eigenvalue weighted by atomic mass is 35.5. The van der Waals surface area contributed by atoms with Crippen molar-refractivity contribution in [2.24, 2.45) is 5.16 Å². The number of carbonyl (C=O) groups is 1. The van der Waals surface area contributed by atoms with E-state index in [1.54, 1.807) is 30.2 Å². The molecule has 2 atom stereocenters. The van der Waals surface area contributed by atoms with Crippen LogP contribution in [0.1, 0.15) is 39.5 Å². The molecule has 1 aliphatic rings. The average Bonchev–Trinajstić information content (AvgIpc) is 3.56. The standard InChI is InChI=1S/C19H22N2O3.C17H13ClFN3O/c1-13-9-10-14(2)17(11-13)24-12-15-7-5-6-8-16(15)18(21-23-4)19(22)20-3;18-15-4-2-1-3-14(15)16-17(23-16,9-22-11-20-10-21-22)12-5-7-13(19)8-6-12/h5-11H,12H2,1-4H3,(H,20,22);1-8,10-11,16H,9H2/b21-18+;. The van der Waals surface area contributed by atoms with E-state index in [0.717, 1.165) is 33.6 Å². The summed E-state index contributed by atoms with van der Waals surface area (Å²) in [5, 5.41) is 11.2. The highest BCUT2D eigenvalue weighted by Gasteiger charge is 2.59. The van der Waals surface area contributed by atoms with Crippen LogP contribution in [0.5, 0.6) is 5.75 Å². The van der Waals surface area contributed by atoms with Gasteiger partial charge in [-0.15, -0.1) is 0 Å². The fourth-order valence-corrected chi connectivity index (χ4v) is 5.45. The van der Waals surface area contributed by atoms with E-state index >= 15 is 0 Å². The van der Waals surface area contributed by atoms with Crippen LogP contribution in [0.2, 0.25) is 5.02 Å². The predicted molar refractivity (Wildman–Crippen MR) is 178 cm³/mol. The molecule has 0 spiro atoms. The third-order valence-corrected chi connectivity index (χ3v) is 8.05. The number of hydrogen-bond donors (Lipinski definition) is 1. The maximum absolute atomic E-state index is 13.3. The molecular formula is C36H35ClFN5O4. The number of hydrogen-bond acceptors (Lipinski definition) is 7. The van der Waals surface area contributed by atoms with Crippen molar-refractivity contribution >= 4 is 23.2 Å². The molecule has 0 bridgehead atoms. The molecule has 47 heavy (non-hydrogen) atoms. The Morgan fingerprint density at radius 2 is 1.81 bits per heavy atom. The summed E-state index contributed by atoms with van der Waals surface area (Å²) >= 11 is 6.31. The Balaban J connectivity index is 0.000000184. The third-order valence-electron chi connectivity index (χ3n) is 7.70. The van der Waals surface area contributed by atoms with Crippen molar-refractivity contribution in [2.45, 2.75) is 38.7 Å². The van der Waals surface area contributed by atoms with E-state index in [2.05, 4.69) is 20.6 Å². The minimum Gasteiger partial charge on any atom is -0.489 e. The fourth-order valence-electron chi connectivity index (χ4n) is 5.21. The van der Waals surface area contributed by atoms with Gasteiger partial charge in [-0.2, -0.15) is 5.10 Å². The molecule has 1 aliphatic heterocycles. The summed E-state index contributed by atoms with van der Waals surface area (Å²) in [6, 6.07) is 27.5. The van der Waals surface area contributed by atoms with Crippen LogP contribution in [0.25, 0.3) is 0 Å². The highest BCUT2D eigenvalue weighted by molar-refractivity contribution is 6.45. The monoisotopic (exact) mass is 655 g/mol. The molecule has 1 aromatic heterocycles. The molecule has 0 radical (unpaired) electrons. The Bertz CT molecular complexity index is 1850. The van der Waals surface area contributed by atoms with Crippen molar-refractivity contribution in [3.05, 3.63) is 148 Å². The van der Waals surface area contributed by atoms with Crippen LogP contribution in [-0.4, -0.2) is 40.5 Å². The molecule has 242 valence electrons. The minimum atomic E-state index is -0.619. The Labute approximate surface area is 278 Å². The topological polar surface area (TPSA) is 103 Å². The lowest BCUT2D eigenvalue weighted by Gasteiger charge is -2.14. The first-order chi connectivity index (χ1) is 22.8. The molecule has 11 heteroatoms. The van der Waals surface area contributed by atoms with Crippen molar-refractivity contribution in [1.82, 2.24) is 20.1 Å². The average molecular weight is 656 g/mol. The normalized spacial score (nSPS) is 16.9. The Morgan fingerprint density at radius 1 is 1.06 bits per heavy atom. The predicted octanol–water partition coefficient (Wildman–Crippen LogP) is 6.72. The van der Waals surface area contributed by atoms with Gasteiger partial charge in [-0.25, -0.2) is 14.1 Å². The lowest BCUT2D eigenvalue weighted by molar-refractivity contribution is -0.114. The number of ether oxygens (including phenoxy) is 2. The van der Waals surface area contributed by atoms with Gasteiger partial charge < -0.3 is 19.6 Å². The van der Waals surface area contributed by atoms with Gasteiger partial charge in [0.05, 0.1) is 6.54 Å². The number of nitrogens with zero attached hydrogens (tertiary/aromatic N) is 4. The Hall–Kier alpha value is -5.06. The zero-order valence-electron chi connectivity index (χ0n) is 26.5. The summed E-state index contributed by atoms with van der Waals surface area (Å²) in [5.74, 6) is 0.241. The molecule has 4 aromatic carbocycles. The number of halogens is 2. The zero-order valence-corrected chi connectivity index (χ0v) is 27.2. The van der Waals surface area contributed by atoms with Crippen molar-refractivity contribution in [3.8, 4) is 5.75 Å². The quantitative estimate of drug-likeness (QED) is 0.102. The van der Waals surface area contributed by atoms with E-state index in [1.165, 1.54) is 25.6 Å². The van der Waals surface area contributed by atoms with Crippen molar-refractivity contribution < 1.29 is 23.5 Å². The summed E-state index contributed by atoms with van der Waals surface area (Å²) < 4.78 is 27.0. The SMILES string of the molecule is CNC(=O)/C(=N/OC)c1ccccc1COc1cc(C)ccc1C.Fc1ccc(C2(Cn3cncn3)OC2c2ccccc2Cl)cc1. The number of oxime groups is 1. The smallest absolute Gasteiger partial charge is 0.273 e. The molecule has 2 heterocycles. The maximum Gasteiger partial charge on any atom is 0.273 e. The summed E-state index contributed by atoms with van der Waals surface area (Å²) in [7, 11) is 2.97. The highest BCUT2D eigenvalue weighted by Crippen LogP contribution is 2.59. The number of rotatable bonds is 10. The largest absolute Gasteiger partial charge is 0.489 e. The number of amides is 1. The van der Waals surface area contributed by atoms with Gasteiger partial charge >= 0.3 is 0 Å². The molecule has 2 unspecified atom stereocenters. The van der Waals surface area contributed by atoms with E-state index < -0.39 is 5.60 Å². The van der Waals surface area contributed by atoms with Crippen LogP contribution in [0.4, 0.5) is 4.39 Å². The van der Waals surface area contributed by atoms with Gasteiger partial charge in [-0.05, 0) is 60.4 Å². The zero-order chi connectivity index (χ0) is 33.4. The summed E-state index contributed by atoms with van der Waals surface area (Å²) in [5.41, 5.74) is 5.15. The number of likely N-dealkylation sites (N-methyl/N-ethyl adjacent to an activating group) is 1. The molecule has 0 aliphatic carbocycles.